The number of para-hydroxylation sites is 2. The van der Waals surface area contributed by atoms with E-state index in [1.54, 1.807) is 6.08 Å². The van der Waals surface area contributed by atoms with Gasteiger partial charge in [-0.3, -0.25) is 0 Å². The molecule has 0 atom stereocenters. The van der Waals surface area contributed by atoms with Crippen LogP contribution in [-0.2, 0) is 7.05 Å². The van der Waals surface area contributed by atoms with Crippen LogP contribution < -0.4 is 4.57 Å². The molecule has 5 nitrogen and oxygen atoms in total. The van der Waals surface area contributed by atoms with Crippen molar-refractivity contribution in [3.8, 4) is 39.7 Å². The van der Waals surface area contributed by atoms with Crippen LogP contribution in [0.25, 0.3) is 84.8 Å². The third-order valence-corrected chi connectivity index (χ3v) is 10.3. The number of benzene rings is 5. The maximum Gasteiger partial charge on any atom is 0.299 e. The van der Waals surface area contributed by atoms with E-state index in [4.69, 9.17) is 13.8 Å². The fourth-order valence-corrected chi connectivity index (χ4v) is 7.67. The molecule has 8 rings (SSSR count). The van der Waals surface area contributed by atoms with Gasteiger partial charge >= 0.3 is 0 Å². The average molecular weight is 683 g/mol. The number of fused-ring (bicyclic) bond motifs is 4. The first-order valence-corrected chi connectivity index (χ1v) is 18.2. The predicted molar refractivity (Wildman–Crippen MR) is 216 cm³/mol. The fraction of sp³-hybridized carbons (Fsp3) is 0.191. The minimum absolute atomic E-state index is 0.280. The standard InChI is InChI=1S/C47H44N3O2/c1-9-16-41-38(10-2)48-46(52-41)32-22-24-34-35-23-21-30(7)43(45(35)51-42(34)27-32)47-49(8)39-19-14-15-20-40(39)50(47)44-36(28(3)4)25-33(26-37(44)29(5)6)31-17-12-11-13-18-31/h9-29H,2H2,1,3-8H3/q+1/b16-9-. The van der Waals surface area contributed by atoms with E-state index in [1.165, 1.54) is 27.9 Å². The van der Waals surface area contributed by atoms with Gasteiger partial charge in [-0.1, -0.05) is 94.9 Å². The van der Waals surface area contributed by atoms with Crippen LogP contribution in [0.15, 0.2) is 119 Å². The van der Waals surface area contributed by atoms with Crippen LogP contribution in [0.3, 0.4) is 0 Å². The summed E-state index contributed by atoms with van der Waals surface area (Å²) in [6.45, 7) is 17.3. The van der Waals surface area contributed by atoms with E-state index in [9.17, 15) is 0 Å². The van der Waals surface area contributed by atoms with Gasteiger partial charge in [0.1, 0.15) is 22.5 Å². The Labute approximate surface area is 305 Å². The van der Waals surface area contributed by atoms with Gasteiger partial charge in [-0.25, -0.2) is 9.55 Å². The van der Waals surface area contributed by atoms with Gasteiger partial charge in [-0.15, -0.1) is 0 Å². The topological polar surface area (TPSA) is 48.0 Å². The van der Waals surface area contributed by atoms with Gasteiger partial charge < -0.3 is 8.83 Å². The lowest BCUT2D eigenvalue weighted by molar-refractivity contribution is -0.633. The number of allylic oxidation sites excluding steroid dienone is 1. The molecule has 0 spiro atoms. The highest BCUT2D eigenvalue weighted by Crippen LogP contribution is 2.43. The molecule has 5 heteroatoms. The van der Waals surface area contributed by atoms with Crippen molar-refractivity contribution in [2.45, 2.75) is 53.4 Å². The van der Waals surface area contributed by atoms with E-state index >= 15 is 0 Å². The van der Waals surface area contributed by atoms with Crippen LogP contribution in [0.4, 0.5) is 0 Å². The largest absolute Gasteiger partial charge is 0.455 e. The predicted octanol–water partition coefficient (Wildman–Crippen LogP) is 12.6. The van der Waals surface area contributed by atoms with Crippen LogP contribution in [0.5, 0.6) is 0 Å². The summed E-state index contributed by atoms with van der Waals surface area (Å²) in [7, 11) is 2.18. The summed E-state index contributed by atoms with van der Waals surface area (Å²) < 4.78 is 17.9. The Bertz CT molecular complexity index is 2650. The number of aromatic nitrogens is 3. The van der Waals surface area contributed by atoms with Gasteiger partial charge in [0.2, 0.25) is 5.89 Å². The molecule has 0 amide bonds. The van der Waals surface area contributed by atoms with Gasteiger partial charge in [0.05, 0.1) is 7.05 Å². The molecule has 0 saturated heterocycles. The van der Waals surface area contributed by atoms with E-state index in [0.29, 0.717) is 11.7 Å². The van der Waals surface area contributed by atoms with Crippen molar-refractivity contribution in [1.82, 2.24) is 9.55 Å². The van der Waals surface area contributed by atoms with Crippen LogP contribution in [-0.4, -0.2) is 9.55 Å². The Morgan fingerprint density at radius 1 is 0.769 bits per heavy atom. The Balaban J connectivity index is 1.43. The molecule has 5 aromatic carbocycles. The van der Waals surface area contributed by atoms with E-state index in [-0.39, 0.29) is 11.8 Å². The minimum atomic E-state index is 0.280. The second-order valence-corrected chi connectivity index (χ2v) is 14.3. The first kappa shape index (κ1) is 33.2. The second-order valence-electron chi connectivity index (χ2n) is 14.3. The normalized spacial score (nSPS) is 12.1. The third kappa shape index (κ3) is 5.31. The number of oxazole rings is 1. The average Bonchev–Trinajstić information content (AvgIpc) is 3.82. The first-order valence-electron chi connectivity index (χ1n) is 18.2. The summed E-state index contributed by atoms with van der Waals surface area (Å²) in [4.78, 5) is 4.72. The van der Waals surface area contributed by atoms with Gasteiger partial charge in [0, 0.05) is 27.5 Å². The highest BCUT2D eigenvalue weighted by molar-refractivity contribution is 6.10. The Hall–Kier alpha value is -5.94. The van der Waals surface area contributed by atoms with E-state index < -0.39 is 0 Å². The monoisotopic (exact) mass is 682 g/mol. The number of furan rings is 1. The zero-order valence-corrected chi connectivity index (χ0v) is 31.0. The zero-order chi connectivity index (χ0) is 36.3. The highest BCUT2D eigenvalue weighted by Gasteiger charge is 2.34. The molecule has 0 radical (unpaired) electrons. The van der Waals surface area contributed by atoms with E-state index in [2.05, 4.69) is 148 Å². The lowest BCUT2D eigenvalue weighted by atomic mass is 9.88. The molecule has 0 unspecified atom stereocenters. The van der Waals surface area contributed by atoms with Crippen LogP contribution in [0, 0.1) is 6.92 Å². The number of rotatable bonds is 8. The summed E-state index contributed by atoms with van der Waals surface area (Å²) >= 11 is 0. The number of hydrogen-bond acceptors (Lipinski definition) is 3. The molecule has 0 aliphatic heterocycles. The maximum atomic E-state index is 6.94. The van der Waals surface area contributed by atoms with Crippen molar-refractivity contribution in [2.24, 2.45) is 7.05 Å². The van der Waals surface area contributed by atoms with Gasteiger partial charge in [-0.05, 0) is 97.0 Å². The lowest BCUT2D eigenvalue weighted by Crippen LogP contribution is -2.30. The van der Waals surface area contributed by atoms with Crippen molar-refractivity contribution in [1.29, 1.82) is 0 Å². The molecule has 3 heterocycles. The molecule has 0 aliphatic rings. The molecule has 0 fully saturated rings. The fourth-order valence-electron chi connectivity index (χ4n) is 7.67. The molecule has 0 saturated carbocycles. The van der Waals surface area contributed by atoms with Gasteiger partial charge in [-0.2, -0.15) is 4.57 Å². The summed E-state index contributed by atoms with van der Waals surface area (Å²) in [6.07, 6.45) is 5.57. The van der Waals surface area contributed by atoms with Crippen molar-refractivity contribution in [3.05, 3.63) is 138 Å². The summed E-state index contributed by atoms with van der Waals surface area (Å²) in [5.74, 6) is 2.87. The Kier molecular flexibility index (Phi) is 8.30. The second kappa shape index (κ2) is 13.0. The lowest BCUT2D eigenvalue weighted by Gasteiger charge is -2.21. The van der Waals surface area contributed by atoms with Crippen molar-refractivity contribution >= 4 is 45.1 Å². The van der Waals surface area contributed by atoms with Crippen molar-refractivity contribution < 1.29 is 13.4 Å². The van der Waals surface area contributed by atoms with Crippen molar-refractivity contribution in [3.63, 3.8) is 0 Å². The zero-order valence-electron chi connectivity index (χ0n) is 31.0. The maximum absolute atomic E-state index is 6.94. The molecule has 258 valence electrons. The molecule has 8 aromatic rings. The SMILES string of the molecule is C=Cc1nc(-c2ccc3c(c2)oc2c(-c4n(-c5c(C(C)C)cc(-c6ccccc6)cc5C(C)C)c5ccccc5[n+]4C)c(C)ccc23)oc1/C=C\C. The smallest absolute Gasteiger partial charge is 0.299 e. The van der Waals surface area contributed by atoms with Crippen LogP contribution in [0.1, 0.15) is 74.6 Å². The number of imidazole rings is 1. The summed E-state index contributed by atoms with van der Waals surface area (Å²) in [5.41, 5.74) is 14.1. The van der Waals surface area contributed by atoms with Gasteiger partial charge in [0.15, 0.2) is 22.4 Å². The first-order chi connectivity index (χ1) is 25.2. The summed E-state index contributed by atoms with van der Waals surface area (Å²) in [5, 5.41) is 2.12. The minimum Gasteiger partial charge on any atom is -0.455 e. The molecular weight excluding hydrogens is 639 g/mol. The quantitative estimate of drug-likeness (QED) is 0.150. The highest BCUT2D eigenvalue weighted by atomic mass is 16.4. The van der Waals surface area contributed by atoms with E-state index in [1.807, 2.05) is 25.1 Å². The third-order valence-electron chi connectivity index (χ3n) is 10.3. The van der Waals surface area contributed by atoms with Crippen molar-refractivity contribution in [2.75, 3.05) is 0 Å². The molecule has 0 aliphatic carbocycles. The Morgan fingerprint density at radius 2 is 1.46 bits per heavy atom. The summed E-state index contributed by atoms with van der Waals surface area (Å²) in [6, 6.07) is 34.9. The molecule has 0 bridgehead atoms. The van der Waals surface area contributed by atoms with E-state index in [0.717, 1.165) is 61.2 Å². The van der Waals surface area contributed by atoms with Gasteiger partial charge in [0.25, 0.3) is 5.82 Å². The number of hydrogen-bond donors (Lipinski definition) is 0. The Morgan fingerprint density at radius 3 is 2.15 bits per heavy atom. The van der Waals surface area contributed by atoms with Crippen LogP contribution in [0.2, 0.25) is 0 Å². The molecule has 3 aromatic heterocycles. The molecular formula is C47H44N3O2+. The molecule has 0 N–H and O–H groups in total. The van der Waals surface area contributed by atoms with Crippen LogP contribution >= 0.6 is 0 Å². The molecule has 52 heavy (non-hydrogen) atoms. The number of aryl methyl sites for hydroxylation is 2. The number of nitrogens with zero attached hydrogens (tertiary/aromatic N) is 3.